The Morgan fingerprint density at radius 1 is 1.05 bits per heavy atom. The Balaban J connectivity index is 3.49. The van der Waals surface area contributed by atoms with Crippen molar-refractivity contribution in [2.45, 2.75) is 39.0 Å². The molecule has 1 aromatic carbocycles. The lowest BCUT2D eigenvalue weighted by molar-refractivity contribution is -0.144. The zero-order valence-corrected chi connectivity index (χ0v) is 11.9. The van der Waals surface area contributed by atoms with E-state index in [9.17, 15) is 31.1 Å². The predicted octanol–water partition coefficient (Wildman–Crippen LogP) is 4.39. The Hall–Kier alpha value is -1.73. The Labute approximate surface area is 123 Å². The molecule has 2 nitrogen and oxygen atoms in total. The van der Waals surface area contributed by atoms with Crippen LogP contribution in [0.4, 0.5) is 26.3 Å². The van der Waals surface area contributed by atoms with Gasteiger partial charge in [0.2, 0.25) is 0 Å². The minimum atomic E-state index is -4.99. The fraction of sp³-hybridized carbons (Fsp3) is 0.500. The summed E-state index contributed by atoms with van der Waals surface area (Å²) in [6.07, 6.45) is -10.7. The number of carbonyl (C=O) groups is 1. The minimum absolute atomic E-state index is 0.0255. The third kappa shape index (κ3) is 4.38. The number of halogens is 6. The number of hydrogen-bond acceptors (Lipinski definition) is 2. The van der Waals surface area contributed by atoms with Crippen molar-refractivity contribution < 1.29 is 35.9 Å². The third-order valence-electron chi connectivity index (χ3n) is 2.98. The van der Waals surface area contributed by atoms with Crippen LogP contribution in [0.2, 0.25) is 0 Å². The van der Waals surface area contributed by atoms with Crippen molar-refractivity contribution in [2.75, 3.05) is 6.61 Å². The molecule has 0 spiro atoms. The summed E-state index contributed by atoms with van der Waals surface area (Å²) in [4.78, 5) is 11.4. The molecular weight excluding hydrogens is 314 g/mol. The first-order chi connectivity index (χ1) is 10.0. The van der Waals surface area contributed by atoms with Gasteiger partial charge in [0.05, 0.1) is 24.2 Å². The van der Waals surface area contributed by atoms with Crippen molar-refractivity contribution in [1.82, 2.24) is 0 Å². The molecule has 1 rings (SSSR count). The number of carbonyl (C=O) groups excluding carboxylic acids is 1. The van der Waals surface area contributed by atoms with Crippen LogP contribution in [0.5, 0.6) is 0 Å². The molecule has 0 N–H and O–H groups in total. The molecule has 0 radical (unpaired) electrons. The fourth-order valence-electron chi connectivity index (χ4n) is 2.03. The van der Waals surface area contributed by atoms with E-state index in [-0.39, 0.29) is 24.7 Å². The molecule has 0 heterocycles. The maximum atomic E-state index is 13.0. The molecule has 0 fully saturated rings. The van der Waals surface area contributed by atoms with Gasteiger partial charge in [-0.1, -0.05) is 6.92 Å². The molecule has 0 bridgehead atoms. The van der Waals surface area contributed by atoms with E-state index in [4.69, 9.17) is 0 Å². The molecule has 0 atom stereocenters. The zero-order valence-electron chi connectivity index (χ0n) is 11.9. The molecule has 0 aliphatic rings. The normalized spacial score (nSPS) is 12.4. The third-order valence-corrected chi connectivity index (χ3v) is 2.98. The highest BCUT2D eigenvalue weighted by molar-refractivity contribution is 5.74. The molecule has 0 amide bonds. The Bertz CT molecular complexity index is 545. The van der Waals surface area contributed by atoms with E-state index < -0.39 is 41.4 Å². The van der Waals surface area contributed by atoms with Gasteiger partial charge in [-0.3, -0.25) is 4.79 Å². The van der Waals surface area contributed by atoms with Crippen LogP contribution in [0.25, 0.3) is 0 Å². The van der Waals surface area contributed by atoms with Crippen LogP contribution in [0.3, 0.4) is 0 Å². The summed E-state index contributed by atoms with van der Waals surface area (Å²) in [6, 6.07) is 0.678. The van der Waals surface area contributed by atoms with E-state index >= 15 is 0 Å². The van der Waals surface area contributed by atoms with Crippen LogP contribution >= 0.6 is 0 Å². The van der Waals surface area contributed by atoms with Gasteiger partial charge in [-0.2, -0.15) is 26.3 Å². The SMILES string of the molecule is CCOC(=O)Cc1c(CC)cc(C(F)(F)F)cc1C(F)(F)F. The lowest BCUT2D eigenvalue weighted by Gasteiger charge is -2.19. The zero-order chi connectivity index (χ0) is 17.1. The van der Waals surface area contributed by atoms with Crippen molar-refractivity contribution in [3.63, 3.8) is 0 Å². The molecule has 0 saturated carbocycles. The molecule has 0 aliphatic heterocycles. The maximum Gasteiger partial charge on any atom is 0.416 e. The monoisotopic (exact) mass is 328 g/mol. The summed E-state index contributed by atoms with van der Waals surface area (Å²) in [5.41, 5.74) is -3.48. The number of rotatable bonds is 4. The van der Waals surface area contributed by atoms with Crippen LogP contribution in [0.1, 0.15) is 36.1 Å². The topological polar surface area (TPSA) is 26.3 Å². The summed E-state index contributed by atoms with van der Waals surface area (Å²) < 4.78 is 81.9. The molecule has 0 aliphatic carbocycles. The second-order valence-corrected chi connectivity index (χ2v) is 4.49. The highest BCUT2D eigenvalue weighted by Crippen LogP contribution is 2.39. The van der Waals surface area contributed by atoms with Crippen LogP contribution < -0.4 is 0 Å². The lowest BCUT2D eigenvalue weighted by atomic mass is 9.93. The van der Waals surface area contributed by atoms with Crippen LogP contribution in [0.15, 0.2) is 12.1 Å². The van der Waals surface area contributed by atoms with Gasteiger partial charge >= 0.3 is 18.3 Å². The van der Waals surface area contributed by atoms with Crippen LogP contribution in [-0.2, 0) is 34.7 Å². The van der Waals surface area contributed by atoms with Crippen LogP contribution in [0, 0.1) is 0 Å². The number of ether oxygens (including phenoxy) is 1. The van der Waals surface area contributed by atoms with Gasteiger partial charge in [0, 0.05) is 0 Å². The second kappa shape index (κ2) is 6.58. The summed E-state index contributed by atoms with van der Waals surface area (Å²) >= 11 is 0. The first kappa shape index (κ1) is 18.3. The average molecular weight is 328 g/mol. The molecule has 0 saturated heterocycles. The van der Waals surface area contributed by atoms with Crippen molar-refractivity contribution in [1.29, 1.82) is 0 Å². The molecule has 8 heteroatoms. The van der Waals surface area contributed by atoms with E-state index in [2.05, 4.69) is 4.74 Å². The van der Waals surface area contributed by atoms with E-state index in [1.54, 1.807) is 0 Å². The van der Waals surface area contributed by atoms with E-state index in [0.29, 0.717) is 6.07 Å². The largest absolute Gasteiger partial charge is 0.466 e. The smallest absolute Gasteiger partial charge is 0.416 e. The minimum Gasteiger partial charge on any atom is -0.466 e. The van der Waals surface area contributed by atoms with Crippen molar-refractivity contribution in [2.24, 2.45) is 0 Å². The number of aryl methyl sites for hydroxylation is 1. The summed E-state index contributed by atoms with van der Waals surface area (Å²) in [5.74, 6) is -0.914. The Kier molecular flexibility index (Phi) is 5.48. The number of alkyl halides is 6. The van der Waals surface area contributed by atoms with Crippen LogP contribution in [-0.4, -0.2) is 12.6 Å². The van der Waals surface area contributed by atoms with Gasteiger partial charge in [-0.25, -0.2) is 0 Å². The van der Waals surface area contributed by atoms with Crippen molar-refractivity contribution in [3.8, 4) is 0 Å². The summed E-state index contributed by atoms with van der Waals surface area (Å²) in [7, 11) is 0. The van der Waals surface area contributed by atoms with Gasteiger partial charge in [0.1, 0.15) is 0 Å². The lowest BCUT2D eigenvalue weighted by Crippen LogP contribution is -2.19. The standard InChI is InChI=1S/C14H14F6O2/c1-3-8-5-9(13(15,16)17)6-11(14(18,19)20)10(8)7-12(21)22-4-2/h5-6H,3-4,7H2,1-2H3. The van der Waals surface area contributed by atoms with Crippen molar-refractivity contribution in [3.05, 3.63) is 34.4 Å². The second-order valence-electron chi connectivity index (χ2n) is 4.49. The molecule has 0 aromatic heterocycles. The Morgan fingerprint density at radius 3 is 2.05 bits per heavy atom. The fourth-order valence-corrected chi connectivity index (χ4v) is 2.03. The van der Waals surface area contributed by atoms with Gasteiger partial charge < -0.3 is 4.74 Å². The molecule has 22 heavy (non-hydrogen) atoms. The first-order valence-corrected chi connectivity index (χ1v) is 6.46. The van der Waals surface area contributed by atoms with E-state index in [0.717, 1.165) is 0 Å². The van der Waals surface area contributed by atoms with Gasteiger partial charge in [-0.15, -0.1) is 0 Å². The molecular formula is C14H14F6O2. The predicted molar refractivity (Wildman–Crippen MR) is 66.2 cm³/mol. The van der Waals surface area contributed by atoms with E-state index in [1.165, 1.54) is 13.8 Å². The maximum absolute atomic E-state index is 13.0. The van der Waals surface area contributed by atoms with Gasteiger partial charge in [0.15, 0.2) is 0 Å². The number of benzene rings is 1. The van der Waals surface area contributed by atoms with Gasteiger partial charge in [0.25, 0.3) is 0 Å². The molecule has 0 unspecified atom stereocenters. The number of hydrogen-bond donors (Lipinski definition) is 0. The average Bonchev–Trinajstić information content (AvgIpc) is 2.36. The van der Waals surface area contributed by atoms with Crippen molar-refractivity contribution >= 4 is 5.97 Å². The highest BCUT2D eigenvalue weighted by atomic mass is 19.4. The summed E-state index contributed by atoms with van der Waals surface area (Å²) in [5, 5.41) is 0. The highest BCUT2D eigenvalue weighted by Gasteiger charge is 2.39. The first-order valence-electron chi connectivity index (χ1n) is 6.46. The van der Waals surface area contributed by atoms with E-state index in [1.807, 2.05) is 0 Å². The number of esters is 1. The molecule has 124 valence electrons. The summed E-state index contributed by atoms with van der Waals surface area (Å²) in [6.45, 7) is 2.88. The Morgan fingerprint density at radius 2 is 1.64 bits per heavy atom. The molecule has 1 aromatic rings. The van der Waals surface area contributed by atoms with Gasteiger partial charge in [-0.05, 0) is 36.6 Å². The quantitative estimate of drug-likeness (QED) is 0.605.